The lowest BCUT2D eigenvalue weighted by Crippen LogP contribution is -2.70. The summed E-state index contributed by atoms with van der Waals surface area (Å²) < 4.78 is 42.3. The molecule has 0 heterocycles. The molecule has 0 bridgehead atoms. The molecule has 7 nitrogen and oxygen atoms in total. The van der Waals surface area contributed by atoms with Gasteiger partial charge in [-0.25, -0.2) is 13.6 Å². The Kier molecular flexibility index (Phi) is 7.12. The van der Waals surface area contributed by atoms with Crippen molar-refractivity contribution in [3.8, 4) is 0 Å². The van der Waals surface area contributed by atoms with E-state index in [9.17, 15) is 28.7 Å². The first kappa shape index (κ1) is 29.3. The number of hydrogen-bond acceptors (Lipinski definition) is 7. The van der Waals surface area contributed by atoms with E-state index in [-0.39, 0.29) is 24.2 Å². The number of aliphatic hydroxyl groups is 1. The molecular weight excluding hydrogens is 534 g/mol. The lowest BCUT2D eigenvalue weighted by atomic mass is 9.44. The summed E-state index contributed by atoms with van der Waals surface area (Å²) in [5.41, 5.74) is -5.62. The van der Waals surface area contributed by atoms with Crippen LogP contribution >= 0.6 is 0 Å². The van der Waals surface area contributed by atoms with Gasteiger partial charge in [0, 0.05) is 34.7 Å². The van der Waals surface area contributed by atoms with Gasteiger partial charge in [0.25, 0.3) is 0 Å². The molecule has 0 spiro atoms. The lowest BCUT2D eigenvalue weighted by Gasteiger charge is -2.62. The molecule has 1 N–H and O–H groups in total. The van der Waals surface area contributed by atoms with Gasteiger partial charge in [-0.3, -0.25) is 14.4 Å². The van der Waals surface area contributed by atoms with Gasteiger partial charge in [-0.1, -0.05) is 32.4 Å². The quantitative estimate of drug-likeness (QED) is 0.385. The van der Waals surface area contributed by atoms with Crippen LogP contribution in [-0.4, -0.2) is 52.6 Å². The van der Waals surface area contributed by atoms with E-state index in [4.69, 9.17) is 9.47 Å². The van der Waals surface area contributed by atoms with Crippen molar-refractivity contribution in [3.63, 3.8) is 0 Å². The fourth-order valence-electron chi connectivity index (χ4n) is 8.43. The summed E-state index contributed by atoms with van der Waals surface area (Å²) in [6.07, 6.45) is 3.72. The minimum Gasteiger partial charge on any atom is -0.454 e. The van der Waals surface area contributed by atoms with Crippen LogP contribution in [0.3, 0.4) is 0 Å². The smallest absolute Gasteiger partial charge is 0.351 e. The van der Waals surface area contributed by atoms with Gasteiger partial charge in [-0.15, -0.1) is 0 Å². The number of fused-ring (bicyclic) bond motifs is 5. The topological polar surface area (TPSA) is 107 Å². The summed E-state index contributed by atoms with van der Waals surface area (Å²) in [6.45, 7) is 6.12. The van der Waals surface area contributed by atoms with Crippen LogP contribution in [0.4, 0.5) is 8.78 Å². The van der Waals surface area contributed by atoms with Gasteiger partial charge >= 0.3 is 11.9 Å². The number of ether oxygens (including phenoxy) is 2. The van der Waals surface area contributed by atoms with E-state index in [1.54, 1.807) is 33.8 Å². The van der Waals surface area contributed by atoms with Crippen LogP contribution in [-0.2, 0) is 23.9 Å². The van der Waals surface area contributed by atoms with E-state index in [2.05, 4.69) is 0 Å². The zero-order valence-electron chi connectivity index (χ0n) is 23.7. The number of rotatable bonds is 6. The van der Waals surface area contributed by atoms with Crippen molar-refractivity contribution in [2.75, 3.05) is 6.61 Å². The summed E-state index contributed by atoms with van der Waals surface area (Å²) in [6, 6.07) is 4.82. The number of aliphatic hydroxyl groups excluding tert-OH is 1. The molecule has 220 valence electrons. The van der Waals surface area contributed by atoms with Gasteiger partial charge in [-0.2, -0.15) is 0 Å². The average Bonchev–Trinajstić information content (AvgIpc) is 3.15. The van der Waals surface area contributed by atoms with Crippen molar-refractivity contribution in [1.82, 2.24) is 0 Å². The molecule has 4 aliphatic rings. The van der Waals surface area contributed by atoms with E-state index < -0.39 is 76.1 Å². The van der Waals surface area contributed by atoms with Crippen LogP contribution < -0.4 is 0 Å². The Morgan fingerprint density at radius 2 is 1.80 bits per heavy atom. The monoisotopic (exact) mass is 570 g/mol. The van der Waals surface area contributed by atoms with Crippen LogP contribution in [0.25, 0.3) is 0 Å². The van der Waals surface area contributed by atoms with Gasteiger partial charge in [0.1, 0.15) is 5.82 Å². The second-order valence-corrected chi connectivity index (χ2v) is 12.5. The third kappa shape index (κ3) is 4.06. The molecule has 0 unspecified atom stereocenters. The summed E-state index contributed by atoms with van der Waals surface area (Å²) in [5, 5.41) is 11.6. The van der Waals surface area contributed by atoms with E-state index in [1.165, 1.54) is 24.3 Å². The number of benzene rings is 1. The first-order valence-corrected chi connectivity index (χ1v) is 14.2. The fourth-order valence-corrected chi connectivity index (χ4v) is 8.43. The SMILES string of the molecule is CCC(=O)O[C@]1(C(=O)OCC(=O)c2ccc(F)cc2)[C@@H](C)C[C@H]2[C@@H]3CCC4=CC(=O)C=C[C@]4(C)[C@@]3(F)[C@@H](O)C[C@@]21C. The van der Waals surface area contributed by atoms with E-state index in [0.717, 1.165) is 12.1 Å². The molecule has 8 atom stereocenters. The Hall–Kier alpha value is -3.20. The van der Waals surface area contributed by atoms with Crippen LogP contribution in [0.1, 0.15) is 70.2 Å². The molecule has 1 aromatic rings. The number of carbonyl (C=O) groups is 4. The van der Waals surface area contributed by atoms with Crippen LogP contribution in [0.5, 0.6) is 0 Å². The number of esters is 2. The maximum atomic E-state index is 17.5. The van der Waals surface area contributed by atoms with Crippen LogP contribution in [0.2, 0.25) is 0 Å². The number of halogens is 2. The van der Waals surface area contributed by atoms with E-state index in [0.29, 0.717) is 24.8 Å². The van der Waals surface area contributed by atoms with Crippen molar-refractivity contribution in [1.29, 1.82) is 0 Å². The summed E-state index contributed by atoms with van der Waals surface area (Å²) >= 11 is 0. The fraction of sp³-hybridized carbons (Fsp3) is 0.562. The van der Waals surface area contributed by atoms with Crippen molar-refractivity contribution in [2.24, 2.45) is 28.6 Å². The molecule has 0 aliphatic heterocycles. The predicted molar refractivity (Wildman–Crippen MR) is 144 cm³/mol. The molecule has 9 heteroatoms. The van der Waals surface area contributed by atoms with Crippen LogP contribution in [0, 0.1) is 34.4 Å². The zero-order chi connectivity index (χ0) is 30.0. The molecule has 3 fully saturated rings. The number of Topliss-reactive ketones (excluding diaryl/α,β-unsaturated/α-hetero) is 1. The highest BCUT2D eigenvalue weighted by atomic mass is 19.1. The van der Waals surface area contributed by atoms with Gasteiger partial charge in [-0.05, 0) is 74.9 Å². The maximum absolute atomic E-state index is 17.5. The molecule has 41 heavy (non-hydrogen) atoms. The van der Waals surface area contributed by atoms with Gasteiger partial charge in [0.2, 0.25) is 5.60 Å². The first-order chi connectivity index (χ1) is 19.2. The van der Waals surface area contributed by atoms with Crippen molar-refractivity contribution in [2.45, 2.75) is 77.2 Å². The Bertz CT molecular complexity index is 1350. The minimum atomic E-state index is -2.12. The number of carbonyl (C=O) groups excluding carboxylic acids is 4. The summed E-state index contributed by atoms with van der Waals surface area (Å²) in [4.78, 5) is 51.7. The lowest BCUT2D eigenvalue weighted by molar-refractivity contribution is -0.236. The standard InChI is InChI=1S/C32H36F2O7/c1-5-27(38)41-32(28(39)40-17-25(36)19-6-9-21(33)10-7-19)18(2)14-24-23-11-8-20-15-22(35)12-13-29(20,3)31(23,34)26(37)16-30(24,32)4/h6-7,9-10,12-13,15,18,23-24,26,37H,5,8,11,14,16-17H2,1-4H3/t18-,23-,24-,26-,29-,30-,31-,32-/m0/s1. The van der Waals surface area contributed by atoms with Gasteiger partial charge in [0.05, 0.1) is 6.10 Å². The highest BCUT2D eigenvalue weighted by Gasteiger charge is 2.78. The largest absolute Gasteiger partial charge is 0.454 e. The van der Waals surface area contributed by atoms with E-state index in [1.807, 2.05) is 0 Å². The normalized spacial score (nSPS) is 39.2. The van der Waals surface area contributed by atoms with Gasteiger partial charge < -0.3 is 14.6 Å². The molecule has 5 rings (SSSR count). The second kappa shape index (κ2) is 9.96. The summed E-state index contributed by atoms with van der Waals surface area (Å²) in [7, 11) is 0. The Morgan fingerprint density at radius 3 is 2.46 bits per heavy atom. The third-order valence-corrected chi connectivity index (χ3v) is 10.5. The molecule has 4 aliphatic carbocycles. The molecule has 0 saturated heterocycles. The molecule has 3 saturated carbocycles. The molecule has 1 aromatic carbocycles. The minimum absolute atomic E-state index is 0.0267. The Labute approximate surface area is 238 Å². The zero-order valence-corrected chi connectivity index (χ0v) is 23.7. The maximum Gasteiger partial charge on any atom is 0.351 e. The van der Waals surface area contributed by atoms with Crippen molar-refractivity contribution < 1.29 is 42.5 Å². The molecular formula is C32H36F2O7. The highest BCUT2D eigenvalue weighted by Crippen LogP contribution is 2.71. The predicted octanol–water partition coefficient (Wildman–Crippen LogP) is 4.86. The second-order valence-electron chi connectivity index (χ2n) is 12.5. The average molecular weight is 571 g/mol. The first-order valence-electron chi connectivity index (χ1n) is 14.2. The summed E-state index contributed by atoms with van der Waals surface area (Å²) in [5.74, 6) is -4.64. The van der Waals surface area contributed by atoms with Gasteiger partial charge in [0.15, 0.2) is 23.8 Å². The number of hydrogen-bond donors (Lipinski definition) is 1. The molecule has 0 amide bonds. The Morgan fingerprint density at radius 1 is 1.12 bits per heavy atom. The highest BCUT2D eigenvalue weighted by molar-refractivity contribution is 6.01. The van der Waals surface area contributed by atoms with Crippen LogP contribution in [0.15, 0.2) is 48.1 Å². The number of alkyl halides is 1. The molecule has 0 aromatic heterocycles. The third-order valence-electron chi connectivity index (χ3n) is 10.5. The Balaban J connectivity index is 1.51. The van der Waals surface area contributed by atoms with Crippen molar-refractivity contribution in [3.05, 3.63) is 59.4 Å². The molecule has 0 radical (unpaired) electrons. The number of allylic oxidation sites excluding steroid dienone is 4. The number of ketones is 2. The van der Waals surface area contributed by atoms with Crippen molar-refractivity contribution >= 4 is 23.5 Å². The van der Waals surface area contributed by atoms with E-state index >= 15 is 4.39 Å².